The molecule has 0 aliphatic heterocycles. The molecule has 1 N–H and O–H groups in total. The van der Waals surface area contributed by atoms with Crippen LogP contribution in [0.25, 0.3) is 0 Å². The molecule has 0 fully saturated rings. The lowest BCUT2D eigenvalue weighted by Gasteiger charge is -2.20. The summed E-state index contributed by atoms with van der Waals surface area (Å²) >= 11 is 0. The van der Waals surface area contributed by atoms with Gasteiger partial charge in [-0.05, 0) is 38.7 Å². The van der Waals surface area contributed by atoms with Gasteiger partial charge in [0.25, 0.3) is 0 Å². The van der Waals surface area contributed by atoms with Crippen molar-refractivity contribution in [2.24, 2.45) is 0 Å². The van der Waals surface area contributed by atoms with Gasteiger partial charge in [0.1, 0.15) is 5.75 Å². The van der Waals surface area contributed by atoms with Gasteiger partial charge >= 0.3 is 0 Å². The highest BCUT2D eigenvalue weighted by atomic mass is 16.5. The SMILES string of the molecule is COc1cccc(CNCC(C)N(C)C)c1. The lowest BCUT2D eigenvalue weighted by molar-refractivity contribution is 0.302. The number of likely N-dealkylation sites (N-methyl/N-ethyl adjacent to an activating group) is 1. The minimum atomic E-state index is 0.547. The smallest absolute Gasteiger partial charge is 0.119 e. The van der Waals surface area contributed by atoms with E-state index in [1.807, 2.05) is 12.1 Å². The summed E-state index contributed by atoms with van der Waals surface area (Å²) in [5, 5.41) is 3.44. The van der Waals surface area contributed by atoms with Crippen LogP contribution in [0.5, 0.6) is 5.75 Å². The van der Waals surface area contributed by atoms with Gasteiger partial charge < -0.3 is 15.0 Å². The third-order valence-electron chi connectivity index (χ3n) is 2.78. The zero-order valence-corrected chi connectivity index (χ0v) is 10.7. The first-order valence-corrected chi connectivity index (χ1v) is 5.63. The quantitative estimate of drug-likeness (QED) is 0.793. The van der Waals surface area contributed by atoms with Crippen molar-refractivity contribution in [2.45, 2.75) is 19.5 Å². The van der Waals surface area contributed by atoms with E-state index < -0.39 is 0 Å². The first kappa shape index (κ1) is 13.0. The Morgan fingerprint density at radius 1 is 1.38 bits per heavy atom. The molecular weight excluding hydrogens is 200 g/mol. The van der Waals surface area contributed by atoms with Crippen LogP contribution in [0.4, 0.5) is 0 Å². The molecule has 0 aliphatic carbocycles. The summed E-state index contributed by atoms with van der Waals surface area (Å²) in [7, 11) is 5.89. The third kappa shape index (κ3) is 4.21. The van der Waals surface area contributed by atoms with Crippen molar-refractivity contribution in [3.8, 4) is 5.75 Å². The summed E-state index contributed by atoms with van der Waals surface area (Å²) in [6, 6.07) is 8.70. The van der Waals surface area contributed by atoms with Gasteiger partial charge in [0.05, 0.1) is 7.11 Å². The van der Waals surface area contributed by atoms with Gasteiger partial charge in [0.15, 0.2) is 0 Å². The number of rotatable bonds is 6. The Morgan fingerprint density at radius 2 is 2.12 bits per heavy atom. The van der Waals surface area contributed by atoms with Crippen LogP contribution in [-0.4, -0.2) is 38.7 Å². The van der Waals surface area contributed by atoms with Crippen molar-refractivity contribution in [3.05, 3.63) is 29.8 Å². The van der Waals surface area contributed by atoms with E-state index in [1.54, 1.807) is 7.11 Å². The van der Waals surface area contributed by atoms with Crippen LogP contribution in [0, 0.1) is 0 Å². The van der Waals surface area contributed by atoms with Crippen LogP contribution < -0.4 is 10.1 Å². The molecule has 0 spiro atoms. The molecule has 0 saturated heterocycles. The maximum Gasteiger partial charge on any atom is 0.119 e. The largest absolute Gasteiger partial charge is 0.497 e. The molecular formula is C13H22N2O. The Hall–Kier alpha value is -1.06. The van der Waals surface area contributed by atoms with Crippen LogP contribution in [0.2, 0.25) is 0 Å². The van der Waals surface area contributed by atoms with E-state index in [2.05, 4.69) is 43.4 Å². The highest BCUT2D eigenvalue weighted by molar-refractivity contribution is 5.28. The molecule has 0 aromatic heterocycles. The Bertz CT molecular complexity index is 313. The number of hydrogen-bond donors (Lipinski definition) is 1. The first-order chi connectivity index (χ1) is 7.63. The van der Waals surface area contributed by atoms with Crippen molar-refractivity contribution in [2.75, 3.05) is 27.7 Å². The van der Waals surface area contributed by atoms with Crippen molar-refractivity contribution in [1.29, 1.82) is 0 Å². The van der Waals surface area contributed by atoms with E-state index >= 15 is 0 Å². The monoisotopic (exact) mass is 222 g/mol. The molecule has 0 aliphatic rings. The Labute approximate surface area is 98.4 Å². The van der Waals surface area contributed by atoms with Crippen molar-refractivity contribution in [1.82, 2.24) is 10.2 Å². The molecule has 0 radical (unpaired) electrons. The van der Waals surface area contributed by atoms with E-state index in [1.165, 1.54) is 5.56 Å². The fourth-order valence-corrected chi connectivity index (χ4v) is 1.39. The van der Waals surface area contributed by atoms with E-state index in [0.29, 0.717) is 6.04 Å². The van der Waals surface area contributed by atoms with Crippen LogP contribution in [0.3, 0.4) is 0 Å². The molecule has 16 heavy (non-hydrogen) atoms. The summed E-state index contributed by atoms with van der Waals surface area (Å²) in [6.45, 7) is 4.08. The molecule has 0 amide bonds. The summed E-state index contributed by atoms with van der Waals surface area (Å²) in [5.41, 5.74) is 1.25. The fraction of sp³-hybridized carbons (Fsp3) is 0.538. The average Bonchev–Trinajstić information content (AvgIpc) is 2.29. The molecule has 1 rings (SSSR count). The van der Waals surface area contributed by atoms with Gasteiger partial charge in [-0.15, -0.1) is 0 Å². The number of nitrogens with one attached hydrogen (secondary N) is 1. The molecule has 0 bridgehead atoms. The first-order valence-electron chi connectivity index (χ1n) is 5.63. The maximum absolute atomic E-state index is 5.18. The van der Waals surface area contributed by atoms with E-state index in [0.717, 1.165) is 18.8 Å². The number of benzene rings is 1. The van der Waals surface area contributed by atoms with Gasteiger partial charge in [0.2, 0.25) is 0 Å². The van der Waals surface area contributed by atoms with Crippen LogP contribution in [0.1, 0.15) is 12.5 Å². The molecule has 3 nitrogen and oxygen atoms in total. The number of ether oxygens (including phenoxy) is 1. The van der Waals surface area contributed by atoms with Gasteiger partial charge in [-0.25, -0.2) is 0 Å². The zero-order chi connectivity index (χ0) is 12.0. The number of hydrogen-bond acceptors (Lipinski definition) is 3. The van der Waals surface area contributed by atoms with E-state index in [4.69, 9.17) is 4.74 Å². The Balaban J connectivity index is 2.37. The van der Waals surface area contributed by atoms with Crippen LogP contribution in [-0.2, 0) is 6.54 Å². The lowest BCUT2D eigenvalue weighted by atomic mass is 10.2. The van der Waals surface area contributed by atoms with Crippen molar-refractivity contribution >= 4 is 0 Å². The second kappa shape index (κ2) is 6.51. The zero-order valence-electron chi connectivity index (χ0n) is 10.7. The van der Waals surface area contributed by atoms with Crippen LogP contribution in [0.15, 0.2) is 24.3 Å². The highest BCUT2D eigenvalue weighted by Gasteiger charge is 2.03. The summed E-state index contributed by atoms with van der Waals surface area (Å²) in [5.74, 6) is 0.917. The van der Waals surface area contributed by atoms with E-state index in [9.17, 15) is 0 Å². The normalized spacial score (nSPS) is 12.8. The topological polar surface area (TPSA) is 24.5 Å². The average molecular weight is 222 g/mol. The fourth-order valence-electron chi connectivity index (χ4n) is 1.39. The lowest BCUT2D eigenvalue weighted by Crippen LogP contribution is -2.35. The Morgan fingerprint density at radius 3 is 2.75 bits per heavy atom. The van der Waals surface area contributed by atoms with Crippen molar-refractivity contribution in [3.63, 3.8) is 0 Å². The predicted octanol–water partition coefficient (Wildman–Crippen LogP) is 1.73. The van der Waals surface area contributed by atoms with Crippen LogP contribution >= 0.6 is 0 Å². The molecule has 3 heteroatoms. The van der Waals surface area contributed by atoms with Gasteiger partial charge in [0, 0.05) is 19.1 Å². The number of nitrogens with zero attached hydrogens (tertiary/aromatic N) is 1. The molecule has 0 saturated carbocycles. The summed E-state index contributed by atoms with van der Waals surface area (Å²) < 4.78 is 5.18. The van der Waals surface area contributed by atoms with Gasteiger partial charge in [-0.1, -0.05) is 12.1 Å². The molecule has 0 heterocycles. The van der Waals surface area contributed by atoms with E-state index in [-0.39, 0.29) is 0 Å². The second-order valence-corrected chi connectivity index (χ2v) is 4.30. The molecule has 1 aromatic carbocycles. The highest BCUT2D eigenvalue weighted by Crippen LogP contribution is 2.12. The second-order valence-electron chi connectivity index (χ2n) is 4.30. The predicted molar refractivity (Wildman–Crippen MR) is 67.8 cm³/mol. The van der Waals surface area contributed by atoms with Gasteiger partial charge in [-0.3, -0.25) is 0 Å². The molecule has 1 atom stereocenters. The standard InChI is InChI=1S/C13H22N2O/c1-11(15(2)3)9-14-10-12-6-5-7-13(8-12)16-4/h5-8,11,14H,9-10H2,1-4H3. The molecule has 90 valence electrons. The van der Waals surface area contributed by atoms with Gasteiger partial charge in [-0.2, -0.15) is 0 Å². The minimum Gasteiger partial charge on any atom is -0.497 e. The minimum absolute atomic E-state index is 0.547. The third-order valence-corrected chi connectivity index (χ3v) is 2.78. The Kier molecular flexibility index (Phi) is 5.29. The summed E-state index contributed by atoms with van der Waals surface area (Å²) in [6.07, 6.45) is 0. The summed E-state index contributed by atoms with van der Waals surface area (Å²) in [4.78, 5) is 2.21. The van der Waals surface area contributed by atoms with Crippen molar-refractivity contribution < 1.29 is 4.74 Å². The molecule has 1 unspecified atom stereocenters. The maximum atomic E-state index is 5.18. The molecule has 1 aromatic rings. The number of methoxy groups -OCH3 is 1.